The van der Waals surface area contributed by atoms with Crippen LogP contribution >= 0.6 is 0 Å². The monoisotopic (exact) mass is 498 g/mol. The summed E-state index contributed by atoms with van der Waals surface area (Å²) in [5.41, 5.74) is 3.18. The minimum Gasteiger partial charge on any atom is -0.462 e. The molecule has 0 N–H and O–H groups in total. The molecule has 5 aliphatic rings. The molecule has 0 aromatic rings. The second-order valence-electron chi connectivity index (χ2n) is 15.7. The van der Waals surface area contributed by atoms with Crippen LogP contribution in [-0.4, -0.2) is 25.3 Å². The molecule has 0 aromatic carbocycles. The predicted molar refractivity (Wildman–Crippen MR) is 146 cm³/mol. The second kappa shape index (κ2) is 8.59. The minimum atomic E-state index is -0.121. The average Bonchev–Trinajstić information content (AvgIpc) is 2.92. The summed E-state index contributed by atoms with van der Waals surface area (Å²) in [6.45, 7) is 19.3. The van der Waals surface area contributed by atoms with Gasteiger partial charge < -0.3 is 9.47 Å². The number of methoxy groups -OCH3 is 1. The van der Waals surface area contributed by atoms with Crippen molar-refractivity contribution in [3.63, 3.8) is 0 Å². The number of hydrogen-bond acceptors (Lipinski definition) is 3. The first-order chi connectivity index (χ1) is 16.7. The highest BCUT2D eigenvalue weighted by Crippen LogP contribution is 2.70. The quantitative estimate of drug-likeness (QED) is 0.283. The van der Waals surface area contributed by atoms with Crippen LogP contribution in [0.1, 0.15) is 120 Å². The van der Waals surface area contributed by atoms with Gasteiger partial charge in [0.1, 0.15) is 6.10 Å². The number of carbonyl (C=O) groups excluding carboxylic acids is 1. The Balaban J connectivity index is 1.46. The first kappa shape index (κ1) is 26.8. The summed E-state index contributed by atoms with van der Waals surface area (Å²) < 4.78 is 11.9. The first-order valence-electron chi connectivity index (χ1n) is 15.1. The van der Waals surface area contributed by atoms with E-state index >= 15 is 0 Å². The van der Waals surface area contributed by atoms with Crippen LogP contribution in [0.25, 0.3) is 0 Å². The van der Waals surface area contributed by atoms with Crippen molar-refractivity contribution in [2.45, 2.75) is 132 Å². The Kier molecular flexibility index (Phi) is 6.38. The lowest BCUT2D eigenvalue weighted by Gasteiger charge is -2.64. The maximum atomic E-state index is 11.9. The van der Waals surface area contributed by atoms with Gasteiger partial charge in [0.25, 0.3) is 0 Å². The van der Waals surface area contributed by atoms with Gasteiger partial charge in [-0.2, -0.15) is 0 Å². The van der Waals surface area contributed by atoms with Crippen LogP contribution in [0.2, 0.25) is 0 Å². The molecule has 0 unspecified atom stereocenters. The molecule has 5 aliphatic carbocycles. The van der Waals surface area contributed by atoms with Crippen molar-refractivity contribution >= 4 is 5.97 Å². The molecule has 3 nitrogen and oxygen atoms in total. The van der Waals surface area contributed by atoms with Crippen LogP contribution in [0.4, 0.5) is 0 Å². The van der Waals surface area contributed by atoms with E-state index in [1.807, 2.05) is 7.11 Å². The molecule has 0 spiro atoms. The van der Waals surface area contributed by atoms with Gasteiger partial charge in [-0.25, -0.2) is 0 Å². The molecule has 204 valence electrons. The third kappa shape index (κ3) is 3.71. The van der Waals surface area contributed by atoms with E-state index in [1.54, 1.807) is 12.5 Å². The number of allylic oxidation sites excluding steroid dienone is 2. The molecule has 0 bridgehead atoms. The van der Waals surface area contributed by atoms with Crippen molar-refractivity contribution in [2.75, 3.05) is 7.11 Å². The van der Waals surface area contributed by atoms with E-state index in [-0.39, 0.29) is 22.9 Å². The SMILES string of the molecule is CO[C@H]1CC[C@@]2(C)[C@H](CC[C@@]3(C)CC4=CC[C@H]5C(C)(C)[C@H](OC(C)=O)CC[C@]5(C)[C@H]4CC[C@@H]32)C1(C)C. The van der Waals surface area contributed by atoms with Crippen molar-refractivity contribution in [3.05, 3.63) is 11.6 Å². The van der Waals surface area contributed by atoms with E-state index in [1.165, 1.54) is 51.4 Å². The summed E-state index contributed by atoms with van der Waals surface area (Å²) in [5.74, 6) is 2.67. The topological polar surface area (TPSA) is 35.5 Å². The fourth-order valence-corrected chi connectivity index (χ4v) is 11.7. The van der Waals surface area contributed by atoms with E-state index < -0.39 is 0 Å². The average molecular weight is 499 g/mol. The fraction of sp³-hybridized carbons (Fsp3) is 0.909. The lowest BCUT2D eigenvalue weighted by atomic mass is 9.42. The largest absolute Gasteiger partial charge is 0.462 e. The van der Waals surface area contributed by atoms with Crippen LogP contribution in [0.3, 0.4) is 0 Å². The molecule has 3 heteroatoms. The normalized spacial score (nSPS) is 49.3. The van der Waals surface area contributed by atoms with E-state index in [0.717, 1.165) is 24.7 Å². The Labute approximate surface area is 221 Å². The summed E-state index contributed by atoms with van der Waals surface area (Å²) in [6.07, 6.45) is 15.7. The van der Waals surface area contributed by atoms with Crippen molar-refractivity contribution in [1.82, 2.24) is 0 Å². The highest BCUT2D eigenvalue weighted by atomic mass is 16.5. The maximum Gasteiger partial charge on any atom is 0.302 e. The third-order valence-corrected chi connectivity index (χ3v) is 13.4. The Morgan fingerprint density at radius 2 is 1.42 bits per heavy atom. The molecule has 4 saturated carbocycles. The Morgan fingerprint density at radius 1 is 0.778 bits per heavy atom. The van der Waals surface area contributed by atoms with Gasteiger partial charge in [-0.1, -0.05) is 60.1 Å². The van der Waals surface area contributed by atoms with Crippen LogP contribution < -0.4 is 0 Å². The Bertz CT molecular complexity index is 916. The van der Waals surface area contributed by atoms with E-state index in [2.05, 4.69) is 54.5 Å². The standard InChI is InChI=1S/C33H54O3/c1-21(34)36-28-16-18-32(7)23-11-13-26-31(6,20-22(23)10-12-24(32)30(28,4)5)17-14-25-29(2,3)27(35-9)15-19-33(25,26)8/h10,23-28H,11-20H2,1-9H3/t23-,24-,25+,26-,27-,28+,31-,32+,33-/m0/s1. The van der Waals surface area contributed by atoms with Gasteiger partial charge in [0.15, 0.2) is 0 Å². The van der Waals surface area contributed by atoms with E-state index in [0.29, 0.717) is 34.2 Å². The Morgan fingerprint density at radius 3 is 2.08 bits per heavy atom. The number of esters is 1. The smallest absolute Gasteiger partial charge is 0.302 e. The molecule has 0 aromatic heterocycles. The third-order valence-electron chi connectivity index (χ3n) is 13.4. The number of fused-ring (bicyclic) bond motifs is 6. The molecule has 4 fully saturated rings. The minimum absolute atomic E-state index is 0.0172. The molecule has 0 heterocycles. The molecular formula is C33H54O3. The zero-order valence-electron chi connectivity index (χ0n) is 24.8. The summed E-state index contributed by atoms with van der Waals surface area (Å²) >= 11 is 0. The molecule has 0 aliphatic heterocycles. The van der Waals surface area contributed by atoms with E-state index in [4.69, 9.17) is 9.47 Å². The highest BCUT2D eigenvalue weighted by molar-refractivity contribution is 5.66. The summed E-state index contributed by atoms with van der Waals surface area (Å²) in [5, 5.41) is 0. The maximum absolute atomic E-state index is 11.9. The van der Waals surface area contributed by atoms with Gasteiger partial charge in [0.2, 0.25) is 0 Å². The van der Waals surface area contributed by atoms with Gasteiger partial charge in [-0.05, 0) is 110 Å². The van der Waals surface area contributed by atoms with Crippen LogP contribution in [0, 0.1) is 50.7 Å². The molecule has 0 amide bonds. The van der Waals surface area contributed by atoms with Gasteiger partial charge in [-0.15, -0.1) is 0 Å². The van der Waals surface area contributed by atoms with Crippen molar-refractivity contribution in [3.8, 4) is 0 Å². The predicted octanol–water partition coefficient (Wildman–Crippen LogP) is 8.36. The van der Waals surface area contributed by atoms with Crippen molar-refractivity contribution < 1.29 is 14.3 Å². The van der Waals surface area contributed by atoms with E-state index in [9.17, 15) is 4.79 Å². The summed E-state index contributed by atoms with van der Waals surface area (Å²) in [4.78, 5) is 11.9. The number of carbonyl (C=O) groups is 1. The summed E-state index contributed by atoms with van der Waals surface area (Å²) in [7, 11) is 1.93. The second-order valence-corrected chi connectivity index (χ2v) is 15.7. The van der Waals surface area contributed by atoms with Crippen molar-refractivity contribution in [2.24, 2.45) is 50.7 Å². The molecule has 0 saturated heterocycles. The van der Waals surface area contributed by atoms with Crippen molar-refractivity contribution in [1.29, 1.82) is 0 Å². The van der Waals surface area contributed by atoms with Gasteiger partial charge in [-0.3, -0.25) is 4.79 Å². The molecule has 9 atom stereocenters. The van der Waals surface area contributed by atoms with Crippen LogP contribution in [0.15, 0.2) is 11.6 Å². The molecule has 0 radical (unpaired) electrons. The number of ether oxygens (including phenoxy) is 2. The molecular weight excluding hydrogens is 444 g/mol. The zero-order valence-corrected chi connectivity index (χ0v) is 24.8. The Hall–Kier alpha value is -0.830. The van der Waals surface area contributed by atoms with Crippen LogP contribution in [-0.2, 0) is 14.3 Å². The number of rotatable bonds is 2. The number of hydrogen-bond donors (Lipinski definition) is 0. The van der Waals surface area contributed by atoms with Gasteiger partial charge in [0.05, 0.1) is 6.10 Å². The van der Waals surface area contributed by atoms with Gasteiger partial charge >= 0.3 is 5.97 Å². The fourth-order valence-electron chi connectivity index (χ4n) is 11.7. The van der Waals surface area contributed by atoms with Gasteiger partial charge in [0, 0.05) is 19.4 Å². The molecule has 5 rings (SSSR count). The first-order valence-corrected chi connectivity index (χ1v) is 15.1. The van der Waals surface area contributed by atoms with Crippen LogP contribution in [0.5, 0.6) is 0 Å². The lowest BCUT2D eigenvalue weighted by Crippen LogP contribution is -2.58. The summed E-state index contributed by atoms with van der Waals surface area (Å²) in [6, 6.07) is 0. The lowest BCUT2D eigenvalue weighted by molar-refractivity contribution is -0.178. The molecule has 36 heavy (non-hydrogen) atoms. The zero-order chi connectivity index (χ0) is 26.3. The highest BCUT2D eigenvalue weighted by Gasteiger charge is 2.63.